The van der Waals surface area contributed by atoms with Crippen molar-refractivity contribution in [2.24, 2.45) is 0 Å². The fourth-order valence-electron chi connectivity index (χ4n) is 4.67. The van der Waals surface area contributed by atoms with Crippen LogP contribution in [-0.2, 0) is 46.4 Å². The molecule has 0 aliphatic carbocycles. The Labute approximate surface area is 221 Å². The first-order valence-corrected chi connectivity index (χ1v) is 13.7. The lowest BCUT2D eigenvalue weighted by Gasteiger charge is -2.32. The minimum atomic E-state index is -0.0341. The Balaban J connectivity index is 1.05. The molecule has 2 aliphatic rings. The Morgan fingerprint density at radius 3 is 1.49 bits per heavy atom. The molecule has 0 aromatic heterocycles. The van der Waals surface area contributed by atoms with Crippen molar-refractivity contribution in [2.75, 3.05) is 52.9 Å². The molecule has 7 nitrogen and oxygen atoms in total. The first-order valence-electron chi connectivity index (χ1n) is 13.7. The molecule has 0 N–H and O–H groups in total. The van der Waals surface area contributed by atoms with Crippen LogP contribution in [-0.4, -0.2) is 77.3 Å². The van der Waals surface area contributed by atoms with E-state index in [0.29, 0.717) is 52.9 Å². The fourth-order valence-corrected chi connectivity index (χ4v) is 4.67. The normalized spacial score (nSPS) is 24.2. The summed E-state index contributed by atoms with van der Waals surface area (Å²) in [5, 5.41) is 0. The molecule has 0 saturated carbocycles. The van der Waals surface area contributed by atoms with Gasteiger partial charge in [-0.1, -0.05) is 60.7 Å². The largest absolute Gasteiger partial charge is 0.377 e. The summed E-state index contributed by atoms with van der Waals surface area (Å²) in [5.41, 5.74) is 2.33. The third-order valence-electron chi connectivity index (χ3n) is 6.67. The van der Waals surface area contributed by atoms with Gasteiger partial charge in [0.2, 0.25) is 0 Å². The minimum Gasteiger partial charge on any atom is -0.377 e. The van der Waals surface area contributed by atoms with Crippen LogP contribution in [0.2, 0.25) is 0 Å². The predicted molar refractivity (Wildman–Crippen MR) is 140 cm³/mol. The molecule has 4 rings (SSSR count). The Morgan fingerprint density at radius 2 is 1.03 bits per heavy atom. The predicted octanol–water partition coefficient (Wildman–Crippen LogP) is 4.57. The SMILES string of the molecule is c1ccc(COC[C@H]2OCCC[C@H]2OCCOCCO[C@@H]2CCCO[C@@H]2COCc2ccccc2)cc1. The van der Waals surface area contributed by atoms with E-state index in [1.807, 2.05) is 36.4 Å². The highest BCUT2D eigenvalue weighted by atomic mass is 16.6. The van der Waals surface area contributed by atoms with Crippen LogP contribution in [0.1, 0.15) is 36.8 Å². The van der Waals surface area contributed by atoms with Gasteiger partial charge in [-0.3, -0.25) is 0 Å². The Morgan fingerprint density at radius 1 is 0.568 bits per heavy atom. The van der Waals surface area contributed by atoms with Crippen molar-refractivity contribution in [3.8, 4) is 0 Å². The van der Waals surface area contributed by atoms with Crippen LogP contribution in [0, 0.1) is 0 Å². The summed E-state index contributed by atoms with van der Waals surface area (Å²) < 4.78 is 41.6. The molecule has 0 radical (unpaired) electrons. The summed E-state index contributed by atoms with van der Waals surface area (Å²) in [6.07, 6.45) is 4.00. The molecule has 0 amide bonds. The van der Waals surface area contributed by atoms with Crippen LogP contribution in [0.3, 0.4) is 0 Å². The van der Waals surface area contributed by atoms with Crippen molar-refractivity contribution in [3.63, 3.8) is 0 Å². The number of rotatable bonds is 16. The zero-order chi connectivity index (χ0) is 25.4. The number of ether oxygens (including phenoxy) is 7. The van der Waals surface area contributed by atoms with Crippen molar-refractivity contribution in [3.05, 3.63) is 71.8 Å². The van der Waals surface area contributed by atoms with Gasteiger partial charge in [0.25, 0.3) is 0 Å². The Bertz CT molecular complexity index is 765. The molecule has 2 fully saturated rings. The Kier molecular flexibility index (Phi) is 12.9. The van der Waals surface area contributed by atoms with Crippen LogP contribution < -0.4 is 0 Å². The third kappa shape index (κ3) is 10.4. The highest BCUT2D eigenvalue weighted by Gasteiger charge is 2.28. The number of hydrogen-bond donors (Lipinski definition) is 0. The van der Waals surface area contributed by atoms with Gasteiger partial charge in [0.05, 0.1) is 65.1 Å². The van der Waals surface area contributed by atoms with E-state index in [0.717, 1.165) is 50.0 Å². The van der Waals surface area contributed by atoms with E-state index in [1.165, 1.54) is 0 Å². The van der Waals surface area contributed by atoms with Crippen LogP contribution >= 0.6 is 0 Å². The fraction of sp³-hybridized carbons (Fsp3) is 0.600. The molecule has 0 unspecified atom stereocenters. The second kappa shape index (κ2) is 16.9. The second-order valence-electron chi connectivity index (χ2n) is 9.54. The van der Waals surface area contributed by atoms with Crippen molar-refractivity contribution in [2.45, 2.75) is 63.3 Å². The smallest absolute Gasteiger partial charge is 0.107 e. The van der Waals surface area contributed by atoms with Gasteiger partial charge in [0.15, 0.2) is 0 Å². The molecule has 4 atom stereocenters. The first-order chi connectivity index (χ1) is 18.4. The molecular weight excluding hydrogens is 472 g/mol. The molecule has 204 valence electrons. The van der Waals surface area contributed by atoms with Gasteiger partial charge in [-0.25, -0.2) is 0 Å². The summed E-state index contributed by atoms with van der Waals surface area (Å²) >= 11 is 0. The monoisotopic (exact) mass is 514 g/mol. The van der Waals surface area contributed by atoms with Crippen molar-refractivity contribution >= 4 is 0 Å². The molecule has 0 spiro atoms. The summed E-state index contributed by atoms with van der Waals surface area (Å²) in [6, 6.07) is 20.4. The summed E-state index contributed by atoms with van der Waals surface area (Å²) in [7, 11) is 0. The van der Waals surface area contributed by atoms with Gasteiger partial charge >= 0.3 is 0 Å². The number of hydrogen-bond acceptors (Lipinski definition) is 7. The average Bonchev–Trinajstić information content (AvgIpc) is 2.95. The maximum Gasteiger partial charge on any atom is 0.107 e. The van der Waals surface area contributed by atoms with E-state index in [9.17, 15) is 0 Å². The number of benzene rings is 2. The van der Waals surface area contributed by atoms with E-state index in [-0.39, 0.29) is 24.4 Å². The standard InChI is InChI=1S/C30H42O7/c1-3-9-25(10-4-1)21-32-23-29-27(13-7-15-34-29)36-19-17-31-18-20-37-28-14-8-16-35-30(28)24-33-22-26-11-5-2-6-12-26/h1-6,9-12,27-30H,7-8,13-24H2/t27-,28-,29-,30-/m1/s1. The zero-order valence-corrected chi connectivity index (χ0v) is 21.8. The minimum absolute atomic E-state index is 0.0341. The topological polar surface area (TPSA) is 64.6 Å². The van der Waals surface area contributed by atoms with Gasteiger partial charge in [0.1, 0.15) is 12.2 Å². The zero-order valence-electron chi connectivity index (χ0n) is 21.8. The van der Waals surface area contributed by atoms with E-state index >= 15 is 0 Å². The van der Waals surface area contributed by atoms with Gasteiger partial charge in [0, 0.05) is 13.2 Å². The molecular formula is C30H42O7. The van der Waals surface area contributed by atoms with E-state index in [1.54, 1.807) is 0 Å². The molecule has 2 saturated heterocycles. The maximum atomic E-state index is 6.09. The van der Waals surface area contributed by atoms with Crippen LogP contribution in [0.4, 0.5) is 0 Å². The van der Waals surface area contributed by atoms with Crippen molar-refractivity contribution in [1.82, 2.24) is 0 Å². The summed E-state index contributed by atoms with van der Waals surface area (Å²) in [4.78, 5) is 0. The lowest BCUT2D eigenvalue weighted by atomic mass is 10.1. The van der Waals surface area contributed by atoms with Gasteiger partial charge in [-0.15, -0.1) is 0 Å². The van der Waals surface area contributed by atoms with Crippen LogP contribution in [0.25, 0.3) is 0 Å². The van der Waals surface area contributed by atoms with E-state index in [2.05, 4.69) is 24.3 Å². The Hall–Kier alpha value is -1.84. The van der Waals surface area contributed by atoms with Crippen molar-refractivity contribution < 1.29 is 33.2 Å². The molecule has 2 heterocycles. The van der Waals surface area contributed by atoms with Crippen LogP contribution in [0.15, 0.2) is 60.7 Å². The van der Waals surface area contributed by atoms with Crippen LogP contribution in [0.5, 0.6) is 0 Å². The maximum absolute atomic E-state index is 6.09. The lowest BCUT2D eigenvalue weighted by Crippen LogP contribution is -2.40. The van der Waals surface area contributed by atoms with E-state index < -0.39 is 0 Å². The van der Waals surface area contributed by atoms with Crippen molar-refractivity contribution in [1.29, 1.82) is 0 Å². The molecule has 2 aliphatic heterocycles. The average molecular weight is 515 g/mol. The molecule has 0 bridgehead atoms. The second-order valence-corrected chi connectivity index (χ2v) is 9.54. The molecule has 7 heteroatoms. The summed E-state index contributed by atoms with van der Waals surface area (Å²) in [6.45, 7) is 5.89. The lowest BCUT2D eigenvalue weighted by molar-refractivity contribution is -0.146. The van der Waals surface area contributed by atoms with Gasteiger partial charge in [-0.05, 0) is 36.8 Å². The first kappa shape index (κ1) is 28.2. The van der Waals surface area contributed by atoms with E-state index in [4.69, 9.17) is 33.2 Å². The highest BCUT2D eigenvalue weighted by molar-refractivity contribution is 5.14. The highest BCUT2D eigenvalue weighted by Crippen LogP contribution is 2.19. The quantitative estimate of drug-likeness (QED) is 0.304. The third-order valence-corrected chi connectivity index (χ3v) is 6.67. The summed E-state index contributed by atoms with van der Waals surface area (Å²) in [5.74, 6) is 0. The molecule has 37 heavy (non-hydrogen) atoms. The van der Waals surface area contributed by atoms with Gasteiger partial charge < -0.3 is 33.2 Å². The molecule has 2 aromatic carbocycles. The molecule has 2 aromatic rings. The van der Waals surface area contributed by atoms with Gasteiger partial charge in [-0.2, -0.15) is 0 Å².